The summed E-state index contributed by atoms with van der Waals surface area (Å²) in [6, 6.07) is 8.69. The lowest BCUT2D eigenvalue weighted by Crippen LogP contribution is -2.65. The zero-order valence-corrected chi connectivity index (χ0v) is 17.8. The third-order valence-electron chi connectivity index (χ3n) is 4.81. The monoisotopic (exact) mass is 408 g/mol. The van der Waals surface area contributed by atoms with Crippen molar-refractivity contribution < 1.29 is 28.9 Å². The van der Waals surface area contributed by atoms with Crippen molar-refractivity contribution in [3.8, 4) is 0 Å². The summed E-state index contributed by atoms with van der Waals surface area (Å²) in [7, 11) is 0. The Hall–Kier alpha value is -1.71. The van der Waals surface area contributed by atoms with Gasteiger partial charge in [-0.15, -0.1) is 0 Å². The van der Waals surface area contributed by atoms with Crippen LogP contribution in [-0.4, -0.2) is 65.2 Å². The van der Waals surface area contributed by atoms with Crippen LogP contribution in [0.4, 0.5) is 4.79 Å². The van der Waals surface area contributed by atoms with Crippen molar-refractivity contribution >= 4 is 6.09 Å². The first-order chi connectivity index (χ1) is 13.5. The van der Waals surface area contributed by atoms with Gasteiger partial charge in [0.25, 0.3) is 0 Å². The number of benzene rings is 1. The maximum atomic E-state index is 12.2. The molecule has 2 N–H and O–H groups in total. The quantitative estimate of drug-likeness (QED) is 0.789. The summed E-state index contributed by atoms with van der Waals surface area (Å²) in [5.41, 5.74) is 0.414. The topological polar surface area (TPSA) is 89.5 Å². The molecule has 2 aliphatic heterocycles. The molecule has 29 heavy (non-hydrogen) atoms. The zero-order valence-electron chi connectivity index (χ0n) is 17.8. The van der Waals surface area contributed by atoms with Crippen molar-refractivity contribution in [1.82, 2.24) is 10.4 Å². The molecular formula is C21H32N2O6. The van der Waals surface area contributed by atoms with Crippen LogP contribution in [0.2, 0.25) is 0 Å². The number of aliphatic hydroxyl groups excluding tert-OH is 1. The van der Waals surface area contributed by atoms with Crippen LogP contribution in [0.3, 0.4) is 0 Å². The number of carbonyl (C=O) groups excluding carboxylic acids is 1. The highest BCUT2D eigenvalue weighted by Crippen LogP contribution is 2.31. The molecule has 1 aromatic carbocycles. The van der Waals surface area contributed by atoms with Gasteiger partial charge in [-0.3, -0.25) is 4.84 Å². The molecule has 0 saturated carbocycles. The van der Waals surface area contributed by atoms with Crippen molar-refractivity contribution in [2.45, 2.75) is 76.8 Å². The summed E-state index contributed by atoms with van der Waals surface area (Å²) < 4.78 is 17.0. The van der Waals surface area contributed by atoms with Gasteiger partial charge in [0.2, 0.25) is 0 Å². The molecular weight excluding hydrogens is 376 g/mol. The number of ether oxygens (including phenoxy) is 3. The van der Waals surface area contributed by atoms with Gasteiger partial charge in [0.05, 0.1) is 31.4 Å². The van der Waals surface area contributed by atoms with Crippen LogP contribution in [0.15, 0.2) is 30.3 Å². The fraction of sp³-hybridized carbons (Fsp3) is 0.667. The molecule has 8 heteroatoms. The predicted octanol–water partition coefficient (Wildman–Crippen LogP) is 2.21. The highest BCUT2D eigenvalue weighted by Gasteiger charge is 2.48. The molecule has 3 rings (SSSR count). The third kappa shape index (κ3) is 5.90. The maximum Gasteiger partial charge on any atom is 0.408 e. The molecule has 0 aromatic heterocycles. The average Bonchev–Trinajstić information content (AvgIpc) is 2.96. The number of carbonyl (C=O) groups is 1. The average molecular weight is 408 g/mol. The van der Waals surface area contributed by atoms with Gasteiger partial charge in [0.1, 0.15) is 11.7 Å². The van der Waals surface area contributed by atoms with E-state index in [4.69, 9.17) is 19.0 Å². The number of aliphatic hydroxyl groups is 1. The Labute approximate surface area is 172 Å². The van der Waals surface area contributed by atoms with Crippen LogP contribution in [0.25, 0.3) is 0 Å². The predicted molar refractivity (Wildman–Crippen MR) is 106 cm³/mol. The Morgan fingerprint density at radius 1 is 1.28 bits per heavy atom. The van der Waals surface area contributed by atoms with E-state index in [1.54, 1.807) is 25.8 Å². The first kappa shape index (κ1) is 22.0. The van der Waals surface area contributed by atoms with Gasteiger partial charge in [0.15, 0.2) is 5.79 Å². The molecule has 2 fully saturated rings. The summed E-state index contributed by atoms with van der Waals surface area (Å²) >= 11 is 0. The SMILES string of the molecule is CC(C)(C)OC(=O)N[C@H]1CON(Cc2ccccc2)[C@H]([C@H]2COC(C)(C)O2)[C@H]1O. The number of hydrogen-bond acceptors (Lipinski definition) is 7. The van der Waals surface area contributed by atoms with E-state index in [0.29, 0.717) is 13.2 Å². The zero-order chi connectivity index (χ0) is 21.2. The largest absolute Gasteiger partial charge is 0.444 e. The number of hydrogen-bond donors (Lipinski definition) is 2. The second kappa shape index (κ2) is 8.57. The number of hydroxylamine groups is 2. The Balaban J connectivity index is 1.75. The van der Waals surface area contributed by atoms with Gasteiger partial charge in [0, 0.05) is 6.54 Å². The highest BCUT2D eigenvalue weighted by molar-refractivity contribution is 5.68. The second-order valence-electron chi connectivity index (χ2n) is 8.96. The van der Waals surface area contributed by atoms with E-state index >= 15 is 0 Å². The van der Waals surface area contributed by atoms with Crippen molar-refractivity contribution in [2.75, 3.05) is 13.2 Å². The number of amides is 1. The maximum absolute atomic E-state index is 12.2. The van der Waals surface area contributed by atoms with Crippen LogP contribution in [0, 0.1) is 0 Å². The summed E-state index contributed by atoms with van der Waals surface area (Å²) in [5.74, 6) is -0.742. The van der Waals surface area contributed by atoms with Crippen molar-refractivity contribution in [3.63, 3.8) is 0 Å². The first-order valence-electron chi connectivity index (χ1n) is 9.97. The minimum atomic E-state index is -0.928. The van der Waals surface area contributed by atoms with Crippen LogP contribution in [-0.2, 0) is 25.6 Å². The molecule has 1 amide bonds. The van der Waals surface area contributed by atoms with E-state index < -0.39 is 41.8 Å². The van der Waals surface area contributed by atoms with E-state index in [1.807, 2.05) is 44.2 Å². The molecule has 8 nitrogen and oxygen atoms in total. The van der Waals surface area contributed by atoms with Crippen LogP contribution < -0.4 is 5.32 Å². The van der Waals surface area contributed by atoms with Crippen LogP contribution in [0.5, 0.6) is 0 Å². The highest BCUT2D eigenvalue weighted by atomic mass is 16.8. The Kier molecular flexibility index (Phi) is 6.50. The normalized spacial score (nSPS) is 30.1. The molecule has 162 valence electrons. The summed E-state index contributed by atoms with van der Waals surface area (Å²) in [4.78, 5) is 18.2. The van der Waals surface area contributed by atoms with Crippen molar-refractivity contribution in [2.24, 2.45) is 0 Å². The number of alkyl carbamates (subject to hydrolysis) is 1. The van der Waals surface area contributed by atoms with E-state index in [0.717, 1.165) is 5.56 Å². The molecule has 1 aromatic rings. The van der Waals surface area contributed by atoms with Gasteiger partial charge in [-0.1, -0.05) is 30.3 Å². The van der Waals surface area contributed by atoms with Crippen LogP contribution >= 0.6 is 0 Å². The standard InChI is InChI=1S/C21H32N2O6/c1-20(2,3)29-19(25)22-15-12-27-23(11-14-9-7-6-8-10-14)17(18(15)24)16-13-26-21(4,5)28-16/h6-10,15-18,24H,11-13H2,1-5H3,(H,22,25)/t15-,16+,17+,18-/m0/s1. The molecule has 2 saturated heterocycles. The molecule has 0 spiro atoms. The molecule has 0 unspecified atom stereocenters. The number of nitrogens with zero attached hydrogens (tertiary/aromatic N) is 1. The lowest BCUT2D eigenvalue weighted by atomic mass is 9.96. The minimum absolute atomic E-state index is 0.126. The fourth-order valence-electron chi connectivity index (χ4n) is 3.56. The van der Waals surface area contributed by atoms with Crippen LogP contribution in [0.1, 0.15) is 40.2 Å². The molecule has 0 aliphatic carbocycles. The summed E-state index contributed by atoms with van der Waals surface area (Å²) in [6.07, 6.45) is -1.93. The molecule has 2 aliphatic rings. The van der Waals surface area contributed by atoms with E-state index in [9.17, 15) is 9.90 Å². The number of nitrogens with one attached hydrogen (secondary N) is 1. The summed E-state index contributed by atoms with van der Waals surface area (Å²) in [5, 5.41) is 15.6. The van der Waals surface area contributed by atoms with E-state index in [1.165, 1.54) is 0 Å². The Bertz CT molecular complexity index is 690. The first-order valence-corrected chi connectivity index (χ1v) is 9.97. The second-order valence-corrected chi connectivity index (χ2v) is 8.96. The van der Waals surface area contributed by atoms with Gasteiger partial charge < -0.3 is 24.6 Å². The van der Waals surface area contributed by atoms with E-state index in [-0.39, 0.29) is 6.61 Å². The molecule has 4 atom stereocenters. The summed E-state index contributed by atoms with van der Waals surface area (Å²) in [6.45, 7) is 9.96. The molecule has 0 bridgehead atoms. The third-order valence-corrected chi connectivity index (χ3v) is 4.81. The van der Waals surface area contributed by atoms with Crippen molar-refractivity contribution in [1.29, 1.82) is 0 Å². The Morgan fingerprint density at radius 2 is 1.97 bits per heavy atom. The van der Waals surface area contributed by atoms with Gasteiger partial charge >= 0.3 is 6.09 Å². The fourth-order valence-corrected chi connectivity index (χ4v) is 3.56. The molecule has 0 radical (unpaired) electrons. The minimum Gasteiger partial charge on any atom is -0.444 e. The number of rotatable bonds is 4. The lowest BCUT2D eigenvalue weighted by Gasteiger charge is -2.44. The van der Waals surface area contributed by atoms with Gasteiger partial charge in [-0.05, 0) is 40.2 Å². The molecule has 2 heterocycles. The Morgan fingerprint density at radius 3 is 2.55 bits per heavy atom. The van der Waals surface area contributed by atoms with Gasteiger partial charge in [-0.25, -0.2) is 4.79 Å². The van der Waals surface area contributed by atoms with E-state index in [2.05, 4.69) is 5.32 Å². The lowest BCUT2D eigenvalue weighted by molar-refractivity contribution is -0.277. The van der Waals surface area contributed by atoms with Gasteiger partial charge in [-0.2, -0.15) is 5.06 Å². The smallest absolute Gasteiger partial charge is 0.408 e. The van der Waals surface area contributed by atoms with Crippen molar-refractivity contribution in [3.05, 3.63) is 35.9 Å².